The van der Waals surface area contributed by atoms with Crippen molar-refractivity contribution in [3.8, 4) is 0 Å². The predicted octanol–water partition coefficient (Wildman–Crippen LogP) is 7.35. The van der Waals surface area contributed by atoms with E-state index in [0.717, 1.165) is 12.6 Å². The minimum atomic E-state index is -1.83. The Kier molecular flexibility index (Phi) is 17.2. The molecule has 0 fully saturated rings. The maximum absolute atomic E-state index is 6.10. The van der Waals surface area contributed by atoms with Crippen LogP contribution in [0.1, 0.15) is 96.3 Å². The fourth-order valence-corrected chi connectivity index (χ4v) is 4.55. The Morgan fingerprint density at radius 1 is 0.545 bits per heavy atom. The topological polar surface area (TPSA) is 26.0 Å². The van der Waals surface area contributed by atoms with Crippen LogP contribution < -0.4 is 5.73 Å². The Labute approximate surface area is 150 Å². The monoisotopic (exact) mass is 367 g/mol. The molecule has 0 amide bonds. The number of hydrogen-bond acceptors (Lipinski definition) is 1. The Morgan fingerprint density at radius 2 is 0.818 bits per heavy atom. The summed E-state index contributed by atoms with van der Waals surface area (Å²) in [5, 5.41) is 0. The molecule has 0 bridgehead atoms. The van der Waals surface area contributed by atoms with Gasteiger partial charge in [-0.25, -0.2) is 0 Å². The van der Waals surface area contributed by atoms with Gasteiger partial charge in [0.25, 0.3) is 0 Å². The maximum Gasteiger partial charge on any atom is 0.248 e. The second-order valence-electron chi connectivity index (χ2n) is 6.91. The quantitative estimate of drug-likeness (QED) is 0.162. The molecular formula is C18H39Cl2NSi. The molecule has 22 heavy (non-hydrogen) atoms. The zero-order valence-electron chi connectivity index (χ0n) is 14.9. The Hall–Kier alpha value is 0.757. The normalized spacial score (nSPS) is 12.0. The molecule has 0 aliphatic heterocycles. The molecule has 0 saturated carbocycles. The average Bonchev–Trinajstić information content (AvgIpc) is 2.45. The second kappa shape index (κ2) is 16.6. The molecule has 0 atom stereocenters. The minimum Gasteiger partial charge on any atom is -0.330 e. The standard InChI is InChI=1S/C18H39Cl2NSi/c1-22(19,20)18-16-14-12-10-8-6-4-2-3-5-7-9-11-13-15-17-21/h2-18,21H2,1H3. The van der Waals surface area contributed by atoms with Crippen LogP contribution in [0.4, 0.5) is 0 Å². The van der Waals surface area contributed by atoms with Crippen LogP contribution in [0.15, 0.2) is 0 Å². The third-order valence-corrected chi connectivity index (χ3v) is 6.69. The lowest BCUT2D eigenvalue weighted by molar-refractivity contribution is 0.533. The van der Waals surface area contributed by atoms with E-state index in [0.29, 0.717) is 0 Å². The van der Waals surface area contributed by atoms with E-state index in [-0.39, 0.29) is 0 Å². The van der Waals surface area contributed by atoms with E-state index in [4.69, 9.17) is 27.9 Å². The van der Waals surface area contributed by atoms with Gasteiger partial charge in [-0.3, -0.25) is 0 Å². The summed E-state index contributed by atoms with van der Waals surface area (Å²) in [6.07, 6.45) is 20.6. The van der Waals surface area contributed by atoms with E-state index in [1.165, 1.54) is 96.3 Å². The zero-order valence-corrected chi connectivity index (χ0v) is 17.4. The molecule has 4 heteroatoms. The van der Waals surface area contributed by atoms with Crippen LogP contribution >= 0.6 is 22.2 Å². The van der Waals surface area contributed by atoms with Crippen LogP contribution in [0.2, 0.25) is 12.6 Å². The molecule has 134 valence electrons. The Bertz CT molecular complexity index is 220. The fourth-order valence-electron chi connectivity index (χ4n) is 2.88. The highest BCUT2D eigenvalue weighted by atomic mass is 35.7. The lowest BCUT2D eigenvalue weighted by Gasteiger charge is -2.09. The highest BCUT2D eigenvalue weighted by Crippen LogP contribution is 2.23. The van der Waals surface area contributed by atoms with E-state index < -0.39 is 6.69 Å². The SMILES string of the molecule is C[Si](Cl)(Cl)CCCCCCCCCCCCCCCCCN. The molecule has 0 aromatic heterocycles. The van der Waals surface area contributed by atoms with Gasteiger partial charge >= 0.3 is 0 Å². The smallest absolute Gasteiger partial charge is 0.248 e. The van der Waals surface area contributed by atoms with Gasteiger partial charge in [-0.05, 0) is 25.6 Å². The van der Waals surface area contributed by atoms with E-state index in [2.05, 4.69) is 0 Å². The molecule has 0 aliphatic rings. The third kappa shape index (κ3) is 20.8. The van der Waals surface area contributed by atoms with E-state index in [9.17, 15) is 0 Å². The summed E-state index contributed by atoms with van der Waals surface area (Å²) < 4.78 is 0. The summed E-state index contributed by atoms with van der Waals surface area (Å²) in [4.78, 5) is 0. The van der Waals surface area contributed by atoms with Crippen molar-refractivity contribution in [1.29, 1.82) is 0 Å². The van der Waals surface area contributed by atoms with Crippen molar-refractivity contribution in [3.05, 3.63) is 0 Å². The van der Waals surface area contributed by atoms with Gasteiger partial charge in [0.2, 0.25) is 6.69 Å². The maximum atomic E-state index is 6.10. The van der Waals surface area contributed by atoms with Crippen molar-refractivity contribution in [2.75, 3.05) is 6.54 Å². The Balaban J connectivity index is 3.00. The first-order chi connectivity index (χ1) is 10.6. The largest absolute Gasteiger partial charge is 0.330 e. The summed E-state index contributed by atoms with van der Waals surface area (Å²) >= 11 is 12.2. The molecule has 0 saturated heterocycles. The number of unbranched alkanes of at least 4 members (excludes halogenated alkanes) is 14. The number of rotatable bonds is 17. The second-order valence-corrected chi connectivity index (χ2v) is 15.1. The highest BCUT2D eigenvalue weighted by molar-refractivity contribution is 7.44. The lowest BCUT2D eigenvalue weighted by Crippen LogP contribution is -2.11. The van der Waals surface area contributed by atoms with Crippen molar-refractivity contribution in [2.45, 2.75) is 109 Å². The fraction of sp³-hybridized carbons (Fsp3) is 1.00. The van der Waals surface area contributed by atoms with Crippen LogP contribution in [0.5, 0.6) is 0 Å². The molecular weight excluding hydrogens is 329 g/mol. The van der Waals surface area contributed by atoms with Crippen LogP contribution in [-0.2, 0) is 0 Å². The first-order valence-corrected chi connectivity index (χ1v) is 14.4. The van der Waals surface area contributed by atoms with Crippen LogP contribution in [0.25, 0.3) is 0 Å². The van der Waals surface area contributed by atoms with Crippen molar-refractivity contribution >= 4 is 28.9 Å². The predicted molar refractivity (Wildman–Crippen MR) is 106 cm³/mol. The molecule has 0 heterocycles. The Morgan fingerprint density at radius 3 is 1.09 bits per heavy atom. The minimum absolute atomic E-state index is 0.862. The van der Waals surface area contributed by atoms with Gasteiger partial charge in [0.05, 0.1) is 0 Å². The molecule has 0 aromatic rings. The van der Waals surface area contributed by atoms with E-state index in [1.54, 1.807) is 0 Å². The number of halogens is 2. The van der Waals surface area contributed by atoms with Crippen LogP contribution in [0.3, 0.4) is 0 Å². The zero-order chi connectivity index (χ0) is 16.5. The van der Waals surface area contributed by atoms with Crippen molar-refractivity contribution in [1.82, 2.24) is 0 Å². The van der Waals surface area contributed by atoms with Gasteiger partial charge in [-0.15, -0.1) is 22.2 Å². The molecule has 0 aromatic carbocycles. The molecule has 0 aliphatic carbocycles. The molecule has 0 spiro atoms. The molecule has 2 N–H and O–H groups in total. The number of nitrogens with two attached hydrogens (primary N) is 1. The van der Waals surface area contributed by atoms with Gasteiger partial charge in [0.15, 0.2) is 0 Å². The van der Waals surface area contributed by atoms with E-state index in [1.807, 2.05) is 6.55 Å². The van der Waals surface area contributed by atoms with Crippen molar-refractivity contribution in [2.24, 2.45) is 5.73 Å². The first kappa shape index (κ1) is 22.8. The summed E-state index contributed by atoms with van der Waals surface area (Å²) in [7, 11) is 0. The molecule has 0 rings (SSSR count). The molecule has 0 unspecified atom stereocenters. The molecule has 0 radical (unpaired) electrons. The van der Waals surface area contributed by atoms with Gasteiger partial charge in [-0.1, -0.05) is 89.9 Å². The van der Waals surface area contributed by atoms with Crippen LogP contribution in [0, 0.1) is 0 Å². The van der Waals surface area contributed by atoms with Crippen LogP contribution in [-0.4, -0.2) is 13.2 Å². The molecule has 1 nitrogen and oxygen atoms in total. The van der Waals surface area contributed by atoms with Gasteiger partial charge < -0.3 is 5.73 Å². The summed E-state index contributed by atoms with van der Waals surface area (Å²) in [6, 6.07) is 1.06. The van der Waals surface area contributed by atoms with E-state index >= 15 is 0 Å². The van der Waals surface area contributed by atoms with Crippen molar-refractivity contribution < 1.29 is 0 Å². The van der Waals surface area contributed by atoms with Gasteiger partial charge in [-0.2, -0.15) is 0 Å². The first-order valence-electron chi connectivity index (χ1n) is 9.64. The summed E-state index contributed by atoms with van der Waals surface area (Å²) in [5.74, 6) is 0. The summed E-state index contributed by atoms with van der Waals surface area (Å²) in [6.45, 7) is 1.06. The summed E-state index contributed by atoms with van der Waals surface area (Å²) in [5.41, 5.74) is 5.49. The van der Waals surface area contributed by atoms with Crippen molar-refractivity contribution in [3.63, 3.8) is 0 Å². The van der Waals surface area contributed by atoms with Gasteiger partial charge in [0, 0.05) is 0 Å². The highest BCUT2D eigenvalue weighted by Gasteiger charge is 2.19. The van der Waals surface area contributed by atoms with Gasteiger partial charge in [0.1, 0.15) is 0 Å². The average molecular weight is 369 g/mol. The number of hydrogen-bond donors (Lipinski definition) is 1. The third-order valence-electron chi connectivity index (χ3n) is 4.32. The lowest BCUT2D eigenvalue weighted by atomic mass is 10.0.